The normalized spacial score (nSPS) is 28.6. The SMILES string of the molecule is C=CC[C@H]1OC(=O)N2[C@H](Cc3ccc4c(c3)OCO4)CC[C@@H]12. The van der Waals surface area contributed by atoms with E-state index in [1.54, 1.807) is 0 Å². The van der Waals surface area contributed by atoms with Gasteiger partial charge in [-0.2, -0.15) is 0 Å². The van der Waals surface area contributed by atoms with Gasteiger partial charge < -0.3 is 14.2 Å². The number of ether oxygens (including phenoxy) is 3. The molecular formula is C17H19NO4. The van der Waals surface area contributed by atoms with Crippen LogP contribution in [0.5, 0.6) is 11.5 Å². The monoisotopic (exact) mass is 301 g/mol. The summed E-state index contributed by atoms with van der Waals surface area (Å²) in [6, 6.07) is 6.39. The fourth-order valence-corrected chi connectivity index (χ4v) is 3.74. The van der Waals surface area contributed by atoms with Crippen molar-refractivity contribution in [2.75, 3.05) is 6.79 Å². The average molecular weight is 301 g/mol. The van der Waals surface area contributed by atoms with Gasteiger partial charge in [0.05, 0.1) is 6.04 Å². The van der Waals surface area contributed by atoms with Crippen molar-refractivity contribution >= 4 is 6.09 Å². The van der Waals surface area contributed by atoms with Crippen LogP contribution in [0.3, 0.4) is 0 Å². The molecule has 116 valence electrons. The summed E-state index contributed by atoms with van der Waals surface area (Å²) >= 11 is 0. The molecule has 0 saturated carbocycles. The molecule has 3 aliphatic heterocycles. The van der Waals surface area contributed by atoms with Crippen molar-refractivity contribution in [1.82, 2.24) is 4.90 Å². The third-order valence-electron chi connectivity index (χ3n) is 4.75. The number of amides is 1. The van der Waals surface area contributed by atoms with Crippen LogP contribution in [-0.2, 0) is 11.2 Å². The Morgan fingerprint density at radius 3 is 3.00 bits per heavy atom. The van der Waals surface area contributed by atoms with Crippen molar-refractivity contribution in [3.05, 3.63) is 36.4 Å². The molecule has 0 spiro atoms. The van der Waals surface area contributed by atoms with Gasteiger partial charge in [-0.1, -0.05) is 12.1 Å². The van der Waals surface area contributed by atoms with E-state index in [0.717, 1.165) is 42.7 Å². The van der Waals surface area contributed by atoms with Gasteiger partial charge >= 0.3 is 6.09 Å². The lowest BCUT2D eigenvalue weighted by Crippen LogP contribution is -2.37. The number of hydrogen-bond donors (Lipinski definition) is 0. The second-order valence-electron chi connectivity index (χ2n) is 6.04. The topological polar surface area (TPSA) is 48.0 Å². The molecule has 2 saturated heterocycles. The number of rotatable bonds is 4. The summed E-state index contributed by atoms with van der Waals surface area (Å²) in [6.07, 6.45) is 5.17. The molecule has 0 bridgehead atoms. The van der Waals surface area contributed by atoms with E-state index < -0.39 is 0 Å². The van der Waals surface area contributed by atoms with Gasteiger partial charge in [-0.15, -0.1) is 6.58 Å². The molecule has 0 N–H and O–H groups in total. The van der Waals surface area contributed by atoms with E-state index in [1.807, 2.05) is 29.2 Å². The molecule has 0 aromatic heterocycles. The Kier molecular flexibility index (Phi) is 3.21. The van der Waals surface area contributed by atoms with Crippen LogP contribution in [0.2, 0.25) is 0 Å². The molecule has 0 unspecified atom stereocenters. The molecule has 0 aliphatic carbocycles. The molecule has 3 atom stereocenters. The van der Waals surface area contributed by atoms with Crippen molar-refractivity contribution in [1.29, 1.82) is 0 Å². The van der Waals surface area contributed by atoms with Gasteiger partial charge in [-0.3, -0.25) is 4.90 Å². The standard InChI is InChI=1S/C17H19NO4/c1-2-3-14-13-6-5-12(18(13)17(19)22-14)8-11-4-7-15-16(9-11)21-10-20-15/h2,4,7,9,12-14H,1,3,5-6,8,10H2/t12-,13-,14+/m0/s1. The fourth-order valence-electron chi connectivity index (χ4n) is 3.74. The molecule has 22 heavy (non-hydrogen) atoms. The maximum Gasteiger partial charge on any atom is 0.410 e. The van der Waals surface area contributed by atoms with E-state index in [1.165, 1.54) is 0 Å². The number of carbonyl (C=O) groups excluding carboxylic acids is 1. The van der Waals surface area contributed by atoms with Crippen molar-refractivity contribution in [2.45, 2.75) is 43.9 Å². The van der Waals surface area contributed by atoms with Crippen LogP contribution < -0.4 is 9.47 Å². The van der Waals surface area contributed by atoms with Crippen molar-refractivity contribution in [3.63, 3.8) is 0 Å². The molecule has 3 heterocycles. The summed E-state index contributed by atoms with van der Waals surface area (Å²) in [4.78, 5) is 14.1. The Hall–Kier alpha value is -2.17. The highest BCUT2D eigenvalue weighted by molar-refractivity contribution is 5.71. The van der Waals surface area contributed by atoms with E-state index in [-0.39, 0.29) is 31.1 Å². The lowest BCUT2D eigenvalue weighted by atomic mass is 10.0. The first-order valence-electron chi connectivity index (χ1n) is 7.74. The second-order valence-corrected chi connectivity index (χ2v) is 6.04. The van der Waals surface area contributed by atoms with E-state index >= 15 is 0 Å². The maximum atomic E-state index is 12.2. The van der Waals surface area contributed by atoms with Crippen LogP contribution >= 0.6 is 0 Å². The largest absolute Gasteiger partial charge is 0.454 e. The highest BCUT2D eigenvalue weighted by atomic mass is 16.7. The first kappa shape index (κ1) is 13.5. The quantitative estimate of drug-likeness (QED) is 0.802. The van der Waals surface area contributed by atoms with Gasteiger partial charge in [-0.25, -0.2) is 4.79 Å². The van der Waals surface area contributed by atoms with Gasteiger partial charge in [0.1, 0.15) is 6.10 Å². The van der Waals surface area contributed by atoms with Crippen molar-refractivity contribution < 1.29 is 19.0 Å². The smallest absolute Gasteiger partial charge is 0.410 e. The predicted molar refractivity (Wildman–Crippen MR) is 80.0 cm³/mol. The van der Waals surface area contributed by atoms with Gasteiger partial charge in [0, 0.05) is 12.5 Å². The zero-order valence-corrected chi connectivity index (χ0v) is 12.4. The Balaban J connectivity index is 1.50. The number of cyclic esters (lactones) is 1. The summed E-state index contributed by atoms with van der Waals surface area (Å²) < 4.78 is 16.2. The summed E-state index contributed by atoms with van der Waals surface area (Å²) in [5, 5.41) is 0. The lowest BCUT2D eigenvalue weighted by Gasteiger charge is -2.22. The maximum absolute atomic E-state index is 12.2. The molecule has 1 aromatic carbocycles. The van der Waals surface area contributed by atoms with Crippen molar-refractivity contribution in [2.24, 2.45) is 0 Å². The molecular weight excluding hydrogens is 282 g/mol. The molecule has 5 heteroatoms. The van der Waals surface area contributed by atoms with Gasteiger partial charge in [0.2, 0.25) is 6.79 Å². The van der Waals surface area contributed by atoms with Crippen LogP contribution in [0, 0.1) is 0 Å². The van der Waals surface area contributed by atoms with Gasteiger partial charge in [0.25, 0.3) is 0 Å². The second kappa shape index (κ2) is 5.23. The van der Waals surface area contributed by atoms with Crippen LogP contribution in [0.25, 0.3) is 0 Å². The highest BCUT2D eigenvalue weighted by Crippen LogP contribution is 2.38. The van der Waals surface area contributed by atoms with Crippen LogP contribution in [0.1, 0.15) is 24.8 Å². The molecule has 2 fully saturated rings. The van der Waals surface area contributed by atoms with Crippen LogP contribution in [-0.4, -0.2) is 36.0 Å². The zero-order valence-electron chi connectivity index (χ0n) is 12.4. The molecule has 4 rings (SSSR count). The number of carbonyl (C=O) groups is 1. The van der Waals surface area contributed by atoms with E-state index in [0.29, 0.717) is 0 Å². The van der Waals surface area contributed by atoms with E-state index in [4.69, 9.17) is 14.2 Å². The molecule has 0 radical (unpaired) electrons. The highest BCUT2D eigenvalue weighted by Gasteiger charge is 2.48. The summed E-state index contributed by atoms with van der Waals surface area (Å²) in [6.45, 7) is 4.03. The summed E-state index contributed by atoms with van der Waals surface area (Å²) in [7, 11) is 0. The summed E-state index contributed by atoms with van der Waals surface area (Å²) in [5.74, 6) is 1.58. The number of nitrogens with zero attached hydrogens (tertiary/aromatic N) is 1. The Bertz CT molecular complexity index is 615. The number of benzene rings is 1. The van der Waals surface area contributed by atoms with E-state index in [2.05, 4.69) is 6.58 Å². The predicted octanol–water partition coefficient (Wildman–Crippen LogP) is 2.89. The average Bonchev–Trinajstić information content (AvgIpc) is 3.18. The van der Waals surface area contributed by atoms with Gasteiger partial charge in [0.15, 0.2) is 11.5 Å². The third-order valence-corrected chi connectivity index (χ3v) is 4.75. The minimum Gasteiger partial charge on any atom is -0.454 e. The van der Waals surface area contributed by atoms with Crippen molar-refractivity contribution in [3.8, 4) is 11.5 Å². The molecule has 3 aliphatic rings. The number of fused-ring (bicyclic) bond motifs is 2. The zero-order chi connectivity index (χ0) is 15.1. The first-order chi connectivity index (χ1) is 10.8. The molecule has 5 nitrogen and oxygen atoms in total. The van der Waals surface area contributed by atoms with Crippen LogP contribution in [0.15, 0.2) is 30.9 Å². The van der Waals surface area contributed by atoms with Crippen LogP contribution in [0.4, 0.5) is 4.79 Å². The Labute approximate surface area is 129 Å². The third kappa shape index (κ3) is 2.12. The first-order valence-corrected chi connectivity index (χ1v) is 7.74. The van der Waals surface area contributed by atoms with Gasteiger partial charge in [-0.05, 0) is 37.0 Å². The minimum atomic E-state index is -0.180. The Morgan fingerprint density at radius 1 is 1.27 bits per heavy atom. The summed E-state index contributed by atoms with van der Waals surface area (Å²) in [5.41, 5.74) is 1.16. The molecule has 1 amide bonds. The lowest BCUT2D eigenvalue weighted by molar-refractivity contribution is 0.124. The molecule has 1 aromatic rings. The number of hydrogen-bond acceptors (Lipinski definition) is 4. The Morgan fingerprint density at radius 2 is 2.14 bits per heavy atom. The minimum absolute atomic E-state index is 0.0354. The van der Waals surface area contributed by atoms with E-state index in [9.17, 15) is 4.79 Å². The fraction of sp³-hybridized carbons (Fsp3) is 0.471.